The Labute approximate surface area is 169 Å². The lowest BCUT2D eigenvalue weighted by Crippen LogP contribution is -2.27. The first-order chi connectivity index (χ1) is 13.0. The van der Waals surface area contributed by atoms with Crippen LogP contribution in [0.15, 0.2) is 12.2 Å². The highest BCUT2D eigenvalue weighted by Crippen LogP contribution is 2.25. The smallest absolute Gasteiger partial charge is 0.311 e. The second-order valence-corrected chi connectivity index (χ2v) is 8.43. The quantitative estimate of drug-likeness (QED) is 0.149. The first-order valence-electron chi connectivity index (χ1n) is 11.5. The van der Waals surface area contributed by atoms with Gasteiger partial charge in [0, 0.05) is 0 Å². The summed E-state index contributed by atoms with van der Waals surface area (Å²) >= 11 is 0. The number of carbonyl (C=O) groups is 1. The predicted octanol–water partition coefficient (Wildman–Crippen LogP) is 6.98. The van der Waals surface area contributed by atoms with Crippen molar-refractivity contribution in [1.82, 2.24) is 0 Å². The number of unbranched alkanes of at least 4 members (excludes halogenated alkanes) is 12. The second-order valence-electron chi connectivity index (χ2n) is 8.43. The van der Waals surface area contributed by atoms with E-state index >= 15 is 0 Å². The zero-order valence-electron chi connectivity index (χ0n) is 18.4. The van der Waals surface area contributed by atoms with Gasteiger partial charge in [0.05, 0.1) is 12.0 Å². The molecule has 0 amide bonds. The van der Waals surface area contributed by atoms with E-state index in [1.54, 1.807) is 0 Å². The second kappa shape index (κ2) is 18.5. The van der Waals surface area contributed by atoms with Gasteiger partial charge in [0.15, 0.2) is 0 Å². The standard InChI is InChI=1S/C24H46O3/c1-4-5-6-7-8-9-10-11-12-13-14-15-16-17-18-19-20-24(2,3)23(26)27-22-21-25/h11-12,25H,4-10,13-22H2,1-3H3/b12-11-. The van der Waals surface area contributed by atoms with E-state index in [1.165, 1.54) is 83.5 Å². The first kappa shape index (κ1) is 26.2. The molecule has 0 aromatic carbocycles. The number of hydrogen-bond acceptors (Lipinski definition) is 3. The molecule has 0 aliphatic carbocycles. The van der Waals surface area contributed by atoms with Crippen LogP contribution in [0.4, 0.5) is 0 Å². The molecule has 0 radical (unpaired) electrons. The molecule has 0 saturated heterocycles. The van der Waals surface area contributed by atoms with Gasteiger partial charge in [-0.15, -0.1) is 0 Å². The summed E-state index contributed by atoms with van der Waals surface area (Å²) in [6.45, 7) is 6.14. The zero-order chi connectivity index (χ0) is 20.2. The molecule has 160 valence electrons. The summed E-state index contributed by atoms with van der Waals surface area (Å²) in [4.78, 5) is 11.9. The minimum atomic E-state index is -0.435. The van der Waals surface area contributed by atoms with Crippen molar-refractivity contribution >= 4 is 5.97 Å². The molecule has 0 atom stereocenters. The van der Waals surface area contributed by atoms with Crippen molar-refractivity contribution in [3.8, 4) is 0 Å². The summed E-state index contributed by atoms with van der Waals surface area (Å²) in [6.07, 6.45) is 23.8. The summed E-state index contributed by atoms with van der Waals surface area (Å²) < 4.78 is 5.04. The van der Waals surface area contributed by atoms with E-state index in [2.05, 4.69) is 19.1 Å². The minimum absolute atomic E-state index is 0.101. The van der Waals surface area contributed by atoms with Crippen molar-refractivity contribution in [3.63, 3.8) is 0 Å². The average molecular weight is 383 g/mol. The Kier molecular flexibility index (Phi) is 18.0. The van der Waals surface area contributed by atoms with Crippen LogP contribution in [0.25, 0.3) is 0 Å². The van der Waals surface area contributed by atoms with Crippen LogP contribution in [-0.4, -0.2) is 24.3 Å². The molecular weight excluding hydrogens is 336 g/mol. The summed E-state index contributed by atoms with van der Waals surface area (Å²) in [6, 6.07) is 0. The Balaban J connectivity index is 3.39. The Bertz CT molecular complexity index is 361. The number of allylic oxidation sites excluding steroid dienone is 2. The summed E-state index contributed by atoms with van der Waals surface area (Å²) in [7, 11) is 0. The highest BCUT2D eigenvalue weighted by atomic mass is 16.5. The molecule has 0 aromatic heterocycles. The fraction of sp³-hybridized carbons (Fsp3) is 0.875. The number of carbonyl (C=O) groups excluding carboxylic acids is 1. The third-order valence-electron chi connectivity index (χ3n) is 5.19. The number of esters is 1. The number of ether oxygens (including phenoxy) is 1. The predicted molar refractivity (Wildman–Crippen MR) is 116 cm³/mol. The molecule has 0 aromatic rings. The van der Waals surface area contributed by atoms with Gasteiger partial charge in [-0.1, -0.05) is 83.3 Å². The number of aliphatic hydroxyl groups is 1. The topological polar surface area (TPSA) is 46.5 Å². The third-order valence-corrected chi connectivity index (χ3v) is 5.19. The lowest BCUT2D eigenvalue weighted by Gasteiger charge is -2.22. The van der Waals surface area contributed by atoms with Crippen LogP contribution in [-0.2, 0) is 9.53 Å². The Hall–Kier alpha value is -0.830. The molecule has 0 aliphatic rings. The molecular formula is C24H46O3. The fourth-order valence-electron chi connectivity index (χ4n) is 3.25. The monoisotopic (exact) mass is 382 g/mol. The lowest BCUT2D eigenvalue weighted by atomic mass is 9.87. The Morgan fingerprint density at radius 1 is 0.815 bits per heavy atom. The molecule has 0 rings (SSSR count). The van der Waals surface area contributed by atoms with Crippen molar-refractivity contribution in [2.24, 2.45) is 5.41 Å². The van der Waals surface area contributed by atoms with Gasteiger partial charge in [0.2, 0.25) is 0 Å². The molecule has 27 heavy (non-hydrogen) atoms. The van der Waals surface area contributed by atoms with Gasteiger partial charge in [-0.2, -0.15) is 0 Å². The lowest BCUT2D eigenvalue weighted by molar-refractivity contribution is -0.155. The van der Waals surface area contributed by atoms with Crippen LogP contribution < -0.4 is 0 Å². The molecule has 0 heterocycles. The van der Waals surface area contributed by atoms with E-state index in [0.717, 1.165) is 12.8 Å². The number of rotatable bonds is 19. The molecule has 0 aliphatic heterocycles. The normalized spacial score (nSPS) is 12.0. The van der Waals surface area contributed by atoms with Crippen LogP contribution in [0.1, 0.15) is 117 Å². The van der Waals surface area contributed by atoms with Crippen LogP contribution in [0.2, 0.25) is 0 Å². The van der Waals surface area contributed by atoms with Gasteiger partial charge < -0.3 is 9.84 Å². The largest absolute Gasteiger partial charge is 0.463 e. The molecule has 0 unspecified atom stereocenters. The first-order valence-corrected chi connectivity index (χ1v) is 11.5. The molecule has 0 bridgehead atoms. The van der Waals surface area contributed by atoms with Crippen LogP contribution in [0.5, 0.6) is 0 Å². The van der Waals surface area contributed by atoms with E-state index in [1.807, 2.05) is 13.8 Å². The van der Waals surface area contributed by atoms with Crippen LogP contribution in [0, 0.1) is 5.41 Å². The van der Waals surface area contributed by atoms with Gasteiger partial charge in [0.25, 0.3) is 0 Å². The third kappa shape index (κ3) is 17.0. The molecule has 3 nitrogen and oxygen atoms in total. The minimum Gasteiger partial charge on any atom is -0.463 e. The molecule has 0 saturated carbocycles. The highest BCUT2D eigenvalue weighted by Gasteiger charge is 2.28. The van der Waals surface area contributed by atoms with E-state index < -0.39 is 5.41 Å². The summed E-state index contributed by atoms with van der Waals surface area (Å²) in [5, 5.41) is 8.72. The molecule has 1 N–H and O–H groups in total. The fourth-order valence-corrected chi connectivity index (χ4v) is 3.25. The maximum Gasteiger partial charge on any atom is 0.311 e. The van der Waals surface area contributed by atoms with Crippen LogP contribution >= 0.6 is 0 Å². The molecule has 0 fully saturated rings. The Morgan fingerprint density at radius 2 is 1.30 bits per heavy atom. The maximum absolute atomic E-state index is 11.9. The van der Waals surface area contributed by atoms with Crippen molar-refractivity contribution in [1.29, 1.82) is 0 Å². The summed E-state index contributed by atoms with van der Waals surface area (Å²) in [5.41, 5.74) is -0.435. The molecule has 3 heteroatoms. The van der Waals surface area contributed by atoms with Crippen molar-refractivity contribution in [2.45, 2.75) is 117 Å². The van der Waals surface area contributed by atoms with Crippen molar-refractivity contribution < 1.29 is 14.6 Å². The van der Waals surface area contributed by atoms with E-state index in [9.17, 15) is 4.79 Å². The van der Waals surface area contributed by atoms with Crippen molar-refractivity contribution in [2.75, 3.05) is 13.2 Å². The van der Waals surface area contributed by atoms with Crippen molar-refractivity contribution in [3.05, 3.63) is 12.2 Å². The zero-order valence-corrected chi connectivity index (χ0v) is 18.4. The van der Waals surface area contributed by atoms with Gasteiger partial charge in [-0.05, 0) is 46.0 Å². The number of hydrogen-bond donors (Lipinski definition) is 1. The Morgan fingerprint density at radius 3 is 1.81 bits per heavy atom. The van der Waals surface area contributed by atoms with Gasteiger partial charge >= 0.3 is 5.97 Å². The number of aliphatic hydroxyl groups excluding tert-OH is 1. The average Bonchev–Trinajstić information content (AvgIpc) is 2.65. The van der Waals surface area contributed by atoms with Gasteiger partial charge in [0.1, 0.15) is 6.61 Å². The SMILES string of the molecule is CCCCCCCC/C=C\CCCCCCCCC(C)(C)C(=O)OCCO. The maximum atomic E-state index is 11.9. The van der Waals surface area contributed by atoms with E-state index in [4.69, 9.17) is 9.84 Å². The van der Waals surface area contributed by atoms with E-state index in [-0.39, 0.29) is 19.2 Å². The molecule has 0 spiro atoms. The van der Waals surface area contributed by atoms with E-state index in [0.29, 0.717) is 0 Å². The van der Waals surface area contributed by atoms with Crippen LogP contribution in [0.3, 0.4) is 0 Å². The van der Waals surface area contributed by atoms with Gasteiger partial charge in [-0.3, -0.25) is 4.79 Å². The highest BCUT2D eigenvalue weighted by molar-refractivity contribution is 5.75. The summed E-state index contributed by atoms with van der Waals surface area (Å²) in [5.74, 6) is -0.190. The van der Waals surface area contributed by atoms with Gasteiger partial charge in [-0.25, -0.2) is 0 Å².